The Hall–Kier alpha value is -1.24. The van der Waals surface area contributed by atoms with Crippen molar-refractivity contribution < 1.29 is 5.11 Å². The number of rotatable bonds is 0. The summed E-state index contributed by atoms with van der Waals surface area (Å²) in [6.07, 6.45) is 14.1. The minimum atomic E-state index is 0.0704. The van der Waals surface area contributed by atoms with Gasteiger partial charge in [0.05, 0.1) is 0 Å². The largest absolute Gasteiger partial charge is 0.508 e. The lowest BCUT2D eigenvalue weighted by molar-refractivity contribution is 0.384. The van der Waals surface area contributed by atoms with Crippen LogP contribution in [-0.4, -0.2) is 5.11 Å². The molecule has 0 saturated heterocycles. The van der Waals surface area contributed by atoms with Crippen LogP contribution in [0.1, 0.15) is 6.92 Å². The predicted octanol–water partition coefficient (Wildman–Crippen LogP) is 2.75. The standard InChI is InChI=1S/C11H12O/c1-11-6-3-2-4-9(11)8-10(12)5-7-11/h2-9,12H,1H3. The number of aliphatic hydroxyl groups excluding tert-OH is 1. The van der Waals surface area contributed by atoms with E-state index in [1.807, 2.05) is 18.2 Å². The molecule has 2 unspecified atom stereocenters. The van der Waals surface area contributed by atoms with E-state index in [1.54, 1.807) is 6.08 Å². The first kappa shape index (κ1) is 7.41. The first-order valence-electron chi connectivity index (χ1n) is 4.17. The SMILES string of the molecule is CC12C=CC=CC1C=C(O)C=C2. The fourth-order valence-corrected chi connectivity index (χ4v) is 1.67. The van der Waals surface area contributed by atoms with E-state index in [1.165, 1.54) is 0 Å². The molecule has 0 aromatic rings. The van der Waals surface area contributed by atoms with Crippen LogP contribution >= 0.6 is 0 Å². The van der Waals surface area contributed by atoms with Gasteiger partial charge in [-0.2, -0.15) is 0 Å². The summed E-state index contributed by atoms with van der Waals surface area (Å²) in [6.45, 7) is 2.16. The fraction of sp³-hybridized carbons (Fsp3) is 0.273. The third-order valence-electron chi connectivity index (χ3n) is 2.57. The minimum absolute atomic E-state index is 0.0704. The van der Waals surface area contributed by atoms with Gasteiger partial charge in [-0.25, -0.2) is 0 Å². The number of allylic oxidation sites excluding steroid dienone is 7. The lowest BCUT2D eigenvalue weighted by Gasteiger charge is -2.32. The van der Waals surface area contributed by atoms with Crippen LogP contribution in [0.2, 0.25) is 0 Å². The topological polar surface area (TPSA) is 20.2 Å². The van der Waals surface area contributed by atoms with Crippen LogP contribution in [0, 0.1) is 11.3 Å². The molecule has 12 heavy (non-hydrogen) atoms. The summed E-state index contributed by atoms with van der Waals surface area (Å²) in [5.74, 6) is 0.685. The molecule has 0 spiro atoms. The van der Waals surface area contributed by atoms with Gasteiger partial charge in [0.1, 0.15) is 5.76 Å². The molecule has 2 atom stereocenters. The van der Waals surface area contributed by atoms with E-state index in [9.17, 15) is 5.11 Å². The summed E-state index contributed by atoms with van der Waals surface area (Å²) >= 11 is 0. The van der Waals surface area contributed by atoms with Crippen molar-refractivity contribution in [3.63, 3.8) is 0 Å². The fourth-order valence-electron chi connectivity index (χ4n) is 1.67. The van der Waals surface area contributed by atoms with Gasteiger partial charge >= 0.3 is 0 Å². The maximum absolute atomic E-state index is 9.28. The monoisotopic (exact) mass is 160 g/mol. The summed E-state index contributed by atoms with van der Waals surface area (Å²) in [7, 11) is 0. The van der Waals surface area contributed by atoms with Gasteiger partial charge in [-0.15, -0.1) is 0 Å². The second-order valence-corrected chi connectivity index (χ2v) is 3.56. The smallest absolute Gasteiger partial charge is 0.111 e. The van der Waals surface area contributed by atoms with Crippen LogP contribution in [0.5, 0.6) is 0 Å². The summed E-state index contributed by atoms with van der Waals surface area (Å²) in [5, 5.41) is 9.28. The Morgan fingerprint density at radius 2 is 2.17 bits per heavy atom. The Bertz CT molecular complexity index is 307. The van der Waals surface area contributed by atoms with Crippen LogP contribution in [0.4, 0.5) is 0 Å². The molecule has 0 aromatic carbocycles. The lowest BCUT2D eigenvalue weighted by atomic mass is 9.72. The highest BCUT2D eigenvalue weighted by Crippen LogP contribution is 2.38. The number of hydrogen-bond donors (Lipinski definition) is 1. The van der Waals surface area contributed by atoms with E-state index in [4.69, 9.17) is 0 Å². The van der Waals surface area contributed by atoms with Crippen molar-refractivity contribution in [2.45, 2.75) is 6.92 Å². The molecule has 0 radical (unpaired) electrons. The van der Waals surface area contributed by atoms with Gasteiger partial charge in [0, 0.05) is 11.3 Å². The van der Waals surface area contributed by atoms with Crippen molar-refractivity contribution in [3.8, 4) is 0 Å². The molecule has 0 aromatic heterocycles. The van der Waals surface area contributed by atoms with Gasteiger partial charge in [-0.05, 0) is 12.2 Å². The molecular formula is C11H12O. The van der Waals surface area contributed by atoms with Gasteiger partial charge in [-0.3, -0.25) is 0 Å². The highest BCUT2D eigenvalue weighted by atomic mass is 16.3. The van der Waals surface area contributed by atoms with E-state index in [-0.39, 0.29) is 5.41 Å². The zero-order valence-electron chi connectivity index (χ0n) is 7.07. The minimum Gasteiger partial charge on any atom is -0.508 e. The highest BCUT2D eigenvalue weighted by Gasteiger charge is 2.29. The molecule has 2 aliphatic carbocycles. The Balaban J connectivity index is 2.40. The van der Waals surface area contributed by atoms with Crippen molar-refractivity contribution in [1.29, 1.82) is 0 Å². The van der Waals surface area contributed by atoms with E-state index in [2.05, 4.69) is 25.2 Å². The number of aliphatic hydroxyl groups is 1. The Morgan fingerprint density at radius 1 is 1.33 bits per heavy atom. The first-order chi connectivity index (χ1) is 5.71. The van der Waals surface area contributed by atoms with Gasteiger partial charge in [0.15, 0.2) is 0 Å². The lowest BCUT2D eigenvalue weighted by Crippen LogP contribution is -2.23. The molecule has 2 aliphatic rings. The molecule has 0 fully saturated rings. The quantitative estimate of drug-likeness (QED) is 0.577. The normalized spacial score (nSPS) is 37.8. The molecule has 0 bridgehead atoms. The van der Waals surface area contributed by atoms with Crippen molar-refractivity contribution in [3.05, 3.63) is 48.3 Å². The van der Waals surface area contributed by atoms with Crippen LogP contribution in [0.25, 0.3) is 0 Å². The van der Waals surface area contributed by atoms with Crippen molar-refractivity contribution in [2.75, 3.05) is 0 Å². The molecule has 62 valence electrons. The highest BCUT2D eigenvalue weighted by molar-refractivity contribution is 5.34. The molecular weight excluding hydrogens is 148 g/mol. The summed E-state index contributed by atoms with van der Waals surface area (Å²) in [5.41, 5.74) is 0.0704. The number of hydrogen-bond acceptors (Lipinski definition) is 1. The van der Waals surface area contributed by atoms with E-state index < -0.39 is 0 Å². The van der Waals surface area contributed by atoms with Crippen molar-refractivity contribution >= 4 is 0 Å². The van der Waals surface area contributed by atoms with Gasteiger partial charge < -0.3 is 5.11 Å². The van der Waals surface area contributed by atoms with E-state index >= 15 is 0 Å². The molecule has 0 saturated carbocycles. The zero-order chi connectivity index (χ0) is 8.60. The molecule has 0 aliphatic heterocycles. The Labute approximate surface area is 72.4 Å². The molecule has 0 amide bonds. The van der Waals surface area contributed by atoms with Crippen LogP contribution in [0.15, 0.2) is 48.3 Å². The maximum Gasteiger partial charge on any atom is 0.111 e. The molecule has 1 N–H and O–H groups in total. The maximum atomic E-state index is 9.28. The second kappa shape index (κ2) is 2.37. The predicted molar refractivity (Wildman–Crippen MR) is 49.7 cm³/mol. The molecule has 0 heterocycles. The second-order valence-electron chi connectivity index (χ2n) is 3.56. The summed E-state index contributed by atoms with van der Waals surface area (Å²) in [6, 6.07) is 0. The van der Waals surface area contributed by atoms with Crippen LogP contribution < -0.4 is 0 Å². The average Bonchev–Trinajstić information content (AvgIpc) is 2.06. The first-order valence-corrected chi connectivity index (χ1v) is 4.17. The third kappa shape index (κ3) is 1.02. The van der Waals surface area contributed by atoms with Gasteiger partial charge in [-0.1, -0.05) is 37.3 Å². The van der Waals surface area contributed by atoms with Gasteiger partial charge in [0.25, 0.3) is 0 Å². The summed E-state index contributed by atoms with van der Waals surface area (Å²) in [4.78, 5) is 0. The molecule has 2 rings (SSSR count). The third-order valence-corrected chi connectivity index (χ3v) is 2.57. The zero-order valence-corrected chi connectivity index (χ0v) is 7.07. The van der Waals surface area contributed by atoms with Crippen molar-refractivity contribution in [2.24, 2.45) is 11.3 Å². The summed E-state index contributed by atoms with van der Waals surface area (Å²) < 4.78 is 0. The van der Waals surface area contributed by atoms with E-state index in [0.29, 0.717) is 11.7 Å². The van der Waals surface area contributed by atoms with Gasteiger partial charge in [0.2, 0.25) is 0 Å². The number of fused-ring (bicyclic) bond motifs is 1. The molecule has 1 heteroatoms. The Morgan fingerprint density at radius 3 is 3.00 bits per heavy atom. The average molecular weight is 160 g/mol. The van der Waals surface area contributed by atoms with Crippen LogP contribution in [-0.2, 0) is 0 Å². The Kier molecular flexibility index (Phi) is 1.47. The van der Waals surface area contributed by atoms with Crippen LogP contribution in [0.3, 0.4) is 0 Å². The van der Waals surface area contributed by atoms with E-state index in [0.717, 1.165) is 0 Å². The molecule has 1 nitrogen and oxygen atoms in total. The van der Waals surface area contributed by atoms with Crippen molar-refractivity contribution in [1.82, 2.24) is 0 Å².